The molecular formula is C17H26N4O3. The summed E-state index contributed by atoms with van der Waals surface area (Å²) in [4.78, 5) is 26.8. The number of hydrogen-bond donors (Lipinski definition) is 0. The van der Waals surface area contributed by atoms with Crippen LogP contribution < -0.4 is 5.69 Å². The molecule has 0 unspecified atom stereocenters. The molecule has 0 radical (unpaired) electrons. The van der Waals surface area contributed by atoms with Crippen LogP contribution in [0.1, 0.15) is 37.9 Å². The van der Waals surface area contributed by atoms with Crippen LogP contribution in [-0.2, 0) is 29.0 Å². The van der Waals surface area contributed by atoms with Crippen molar-refractivity contribution >= 4 is 5.91 Å². The highest BCUT2D eigenvalue weighted by Gasteiger charge is 2.22. The number of nitrogens with zero attached hydrogens (tertiary/aromatic N) is 4. The molecule has 3 rings (SSSR count). The van der Waals surface area contributed by atoms with Gasteiger partial charge in [0.2, 0.25) is 5.91 Å². The van der Waals surface area contributed by atoms with Crippen LogP contribution in [0.5, 0.6) is 0 Å². The minimum Gasteiger partial charge on any atom is -0.383 e. The van der Waals surface area contributed by atoms with E-state index in [0.717, 1.165) is 18.7 Å². The van der Waals surface area contributed by atoms with Crippen LogP contribution in [0.25, 0.3) is 0 Å². The first-order valence-corrected chi connectivity index (χ1v) is 8.80. The largest absolute Gasteiger partial charge is 0.383 e. The van der Waals surface area contributed by atoms with Crippen LogP contribution in [0.4, 0.5) is 0 Å². The second-order valence-electron chi connectivity index (χ2n) is 6.48. The van der Waals surface area contributed by atoms with Crippen molar-refractivity contribution in [2.45, 2.75) is 51.6 Å². The lowest BCUT2D eigenvalue weighted by atomic mass is 9.97. The molecule has 7 heteroatoms. The van der Waals surface area contributed by atoms with E-state index in [4.69, 9.17) is 4.74 Å². The number of carbonyl (C=O) groups excluding carboxylic acids is 1. The Labute approximate surface area is 141 Å². The van der Waals surface area contributed by atoms with Crippen molar-refractivity contribution in [3.8, 4) is 0 Å². The Morgan fingerprint density at radius 1 is 1.25 bits per heavy atom. The molecular weight excluding hydrogens is 308 g/mol. The molecule has 0 atom stereocenters. The Bertz CT molecular complexity index is 674. The summed E-state index contributed by atoms with van der Waals surface area (Å²) in [5.74, 6) is 0.942. The maximum atomic E-state index is 12.5. The number of carbonyl (C=O) groups is 1. The lowest BCUT2D eigenvalue weighted by molar-refractivity contribution is -0.130. The highest BCUT2D eigenvalue weighted by molar-refractivity contribution is 5.78. The van der Waals surface area contributed by atoms with Gasteiger partial charge >= 0.3 is 5.69 Å². The Morgan fingerprint density at radius 2 is 2.12 bits per heavy atom. The highest BCUT2D eigenvalue weighted by Crippen LogP contribution is 2.21. The van der Waals surface area contributed by atoms with Crippen LogP contribution in [0.2, 0.25) is 0 Å². The molecule has 7 nitrogen and oxygen atoms in total. The number of hydrogen-bond acceptors (Lipinski definition) is 4. The van der Waals surface area contributed by atoms with Gasteiger partial charge in [0.1, 0.15) is 5.82 Å². The summed E-state index contributed by atoms with van der Waals surface area (Å²) in [6.07, 6.45) is 7.94. The molecule has 1 aromatic heterocycles. The first kappa shape index (κ1) is 17.0. The molecule has 24 heavy (non-hydrogen) atoms. The zero-order chi connectivity index (χ0) is 16.9. The van der Waals surface area contributed by atoms with E-state index < -0.39 is 0 Å². The molecule has 0 spiro atoms. The molecule has 1 aliphatic heterocycles. The lowest BCUT2D eigenvalue weighted by Crippen LogP contribution is -2.35. The third kappa shape index (κ3) is 3.77. The van der Waals surface area contributed by atoms with E-state index in [1.165, 1.54) is 23.1 Å². The number of allylic oxidation sites excluding steroid dienone is 1. The van der Waals surface area contributed by atoms with Crippen molar-refractivity contribution in [1.29, 1.82) is 0 Å². The van der Waals surface area contributed by atoms with Crippen molar-refractivity contribution < 1.29 is 9.53 Å². The summed E-state index contributed by atoms with van der Waals surface area (Å²) in [5, 5.41) is 4.40. The fourth-order valence-corrected chi connectivity index (χ4v) is 3.41. The predicted octanol–water partition coefficient (Wildman–Crippen LogP) is 0.966. The van der Waals surface area contributed by atoms with Gasteiger partial charge in [0.15, 0.2) is 0 Å². The predicted molar refractivity (Wildman–Crippen MR) is 89.8 cm³/mol. The summed E-state index contributed by atoms with van der Waals surface area (Å²) < 4.78 is 8.17. The summed E-state index contributed by atoms with van der Waals surface area (Å²) in [6.45, 7) is 2.66. The first-order valence-electron chi connectivity index (χ1n) is 8.80. The number of methoxy groups -OCH3 is 1. The van der Waals surface area contributed by atoms with E-state index in [1.54, 1.807) is 11.7 Å². The van der Waals surface area contributed by atoms with Crippen LogP contribution in [-0.4, -0.2) is 52.0 Å². The SMILES string of the molecule is COCCn1nc2n(c1=O)CCN(C(=O)CC1=CCCCC1)CC2. The van der Waals surface area contributed by atoms with E-state index in [2.05, 4.69) is 11.2 Å². The minimum absolute atomic E-state index is 0.105. The fraction of sp³-hybridized carbons (Fsp3) is 0.706. The van der Waals surface area contributed by atoms with Gasteiger partial charge in [-0.25, -0.2) is 9.48 Å². The van der Waals surface area contributed by atoms with Gasteiger partial charge in [0.25, 0.3) is 0 Å². The smallest absolute Gasteiger partial charge is 0.346 e. The minimum atomic E-state index is -0.105. The molecule has 132 valence electrons. The fourth-order valence-electron chi connectivity index (χ4n) is 3.41. The summed E-state index contributed by atoms with van der Waals surface area (Å²) in [7, 11) is 1.61. The van der Waals surface area contributed by atoms with E-state index in [0.29, 0.717) is 45.6 Å². The molecule has 2 heterocycles. The number of amides is 1. The molecule has 1 aromatic rings. The van der Waals surface area contributed by atoms with Crippen LogP contribution in [0, 0.1) is 0 Å². The zero-order valence-electron chi connectivity index (χ0n) is 14.4. The van der Waals surface area contributed by atoms with E-state index in [-0.39, 0.29) is 11.6 Å². The molecule has 0 saturated carbocycles. The van der Waals surface area contributed by atoms with Gasteiger partial charge in [-0.15, -0.1) is 0 Å². The monoisotopic (exact) mass is 334 g/mol. The van der Waals surface area contributed by atoms with E-state index in [1.807, 2.05) is 4.90 Å². The maximum absolute atomic E-state index is 12.5. The lowest BCUT2D eigenvalue weighted by Gasteiger charge is -2.21. The van der Waals surface area contributed by atoms with Crippen molar-refractivity contribution in [2.24, 2.45) is 0 Å². The van der Waals surface area contributed by atoms with Gasteiger partial charge < -0.3 is 9.64 Å². The Kier molecular flexibility index (Phi) is 5.50. The van der Waals surface area contributed by atoms with Crippen molar-refractivity contribution in [1.82, 2.24) is 19.2 Å². The third-order valence-corrected chi connectivity index (χ3v) is 4.82. The van der Waals surface area contributed by atoms with Crippen LogP contribution in [0.15, 0.2) is 16.4 Å². The number of aromatic nitrogens is 3. The number of rotatable bonds is 5. The average molecular weight is 334 g/mol. The van der Waals surface area contributed by atoms with Crippen LogP contribution in [0.3, 0.4) is 0 Å². The molecule has 0 N–H and O–H groups in total. The molecule has 0 bridgehead atoms. The average Bonchev–Trinajstić information content (AvgIpc) is 2.76. The Morgan fingerprint density at radius 3 is 2.88 bits per heavy atom. The van der Waals surface area contributed by atoms with Gasteiger partial charge in [-0.05, 0) is 25.7 Å². The van der Waals surface area contributed by atoms with Crippen molar-refractivity contribution in [2.75, 3.05) is 26.8 Å². The quantitative estimate of drug-likeness (QED) is 0.752. The Balaban J connectivity index is 1.62. The summed E-state index contributed by atoms with van der Waals surface area (Å²) >= 11 is 0. The standard InChI is InChI=1S/C17H26N4O3/c1-24-12-11-21-17(23)20-10-9-19(8-7-15(20)18-21)16(22)13-14-5-3-2-4-6-14/h5H,2-4,6-13H2,1H3. The highest BCUT2D eigenvalue weighted by atomic mass is 16.5. The topological polar surface area (TPSA) is 69.4 Å². The van der Waals surface area contributed by atoms with Gasteiger partial charge in [-0.3, -0.25) is 9.36 Å². The zero-order valence-corrected chi connectivity index (χ0v) is 14.4. The molecule has 1 amide bonds. The van der Waals surface area contributed by atoms with Crippen molar-refractivity contribution in [3.05, 3.63) is 28.0 Å². The first-order chi connectivity index (χ1) is 11.7. The Hall–Kier alpha value is -1.89. The van der Waals surface area contributed by atoms with Gasteiger partial charge in [-0.1, -0.05) is 11.6 Å². The summed E-state index contributed by atoms with van der Waals surface area (Å²) in [6, 6.07) is 0. The molecule has 0 aromatic carbocycles. The van der Waals surface area contributed by atoms with Gasteiger partial charge in [0.05, 0.1) is 13.2 Å². The van der Waals surface area contributed by atoms with E-state index >= 15 is 0 Å². The van der Waals surface area contributed by atoms with E-state index in [9.17, 15) is 9.59 Å². The van der Waals surface area contributed by atoms with Gasteiger partial charge in [0, 0.05) is 39.6 Å². The second-order valence-corrected chi connectivity index (χ2v) is 6.48. The second kappa shape index (κ2) is 7.79. The molecule has 2 aliphatic rings. The van der Waals surface area contributed by atoms with Crippen molar-refractivity contribution in [3.63, 3.8) is 0 Å². The number of fused-ring (bicyclic) bond motifs is 1. The number of ether oxygens (including phenoxy) is 1. The third-order valence-electron chi connectivity index (χ3n) is 4.82. The molecule has 0 fully saturated rings. The van der Waals surface area contributed by atoms with Gasteiger partial charge in [-0.2, -0.15) is 5.10 Å². The van der Waals surface area contributed by atoms with Crippen LogP contribution >= 0.6 is 0 Å². The normalized spacial score (nSPS) is 18.0. The summed E-state index contributed by atoms with van der Waals surface area (Å²) in [5.41, 5.74) is 1.17. The molecule has 0 saturated heterocycles. The molecule has 1 aliphatic carbocycles. The maximum Gasteiger partial charge on any atom is 0.346 e.